The van der Waals surface area contributed by atoms with Crippen molar-refractivity contribution in [2.24, 2.45) is 5.92 Å². The van der Waals surface area contributed by atoms with Gasteiger partial charge in [-0.3, -0.25) is 4.90 Å². The van der Waals surface area contributed by atoms with Gasteiger partial charge in [0, 0.05) is 25.6 Å². The minimum atomic E-state index is 0.0814. The molecule has 15 heavy (non-hydrogen) atoms. The van der Waals surface area contributed by atoms with Crippen LogP contribution in [0.2, 0.25) is 0 Å². The van der Waals surface area contributed by atoms with Crippen LogP contribution in [0.4, 0.5) is 0 Å². The molecule has 2 aliphatic heterocycles. The van der Waals surface area contributed by atoms with Gasteiger partial charge in [-0.25, -0.2) is 0 Å². The second-order valence-electron chi connectivity index (χ2n) is 5.14. The van der Waals surface area contributed by atoms with Gasteiger partial charge in [0.25, 0.3) is 0 Å². The highest BCUT2D eigenvalue weighted by atomic mass is 16.7. The number of hydrogen-bond donors (Lipinski definition) is 0. The van der Waals surface area contributed by atoms with E-state index in [0.717, 1.165) is 38.0 Å². The molecule has 2 saturated heterocycles. The average molecular weight is 211 g/mol. The van der Waals surface area contributed by atoms with Crippen LogP contribution in [0.25, 0.3) is 0 Å². The number of piperidine rings is 1. The van der Waals surface area contributed by atoms with Crippen LogP contribution in [0.5, 0.6) is 0 Å². The molecule has 1 aliphatic carbocycles. The van der Waals surface area contributed by atoms with Crippen molar-refractivity contribution in [3.05, 3.63) is 0 Å². The normalized spacial score (nSPS) is 37.6. The zero-order valence-electron chi connectivity index (χ0n) is 9.36. The van der Waals surface area contributed by atoms with E-state index in [9.17, 15) is 0 Å². The van der Waals surface area contributed by atoms with Crippen molar-refractivity contribution >= 4 is 0 Å². The molecule has 2 heterocycles. The highest BCUT2D eigenvalue weighted by molar-refractivity contribution is 4.91. The molecule has 2 bridgehead atoms. The summed E-state index contributed by atoms with van der Waals surface area (Å²) in [6.07, 6.45) is 6.55. The van der Waals surface area contributed by atoms with Crippen LogP contribution in [-0.2, 0) is 9.47 Å². The van der Waals surface area contributed by atoms with E-state index in [-0.39, 0.29) is 6.29 Å². The van der Waals surface area contributed by atoms with E-state index >= 15 is 0 Å². The van der Waals surface area contributed by atoms with Gasteiger partial charge in [0.05, 0.1) is 13.2 Å². The second-order valence-corrected chi connectivity index (χ2v) is 5.14. The fourth-order valence-electron chi connectivity index (χ4n) is 3.28. The Kier molecular flexibility index (Phi) is 2.95. The smallest absolute Gasteiger partial charge is 0.158 e. The van der Waals surface area contributed by atoms with Crippen LogP contribution >= 0.6 is 0 Å². The summed E-state index contributed by atoms with van der Waals surface area (Å²) in [4.78, 5) is 2.65. The lowest BCUT2D eigenvalue weighted by Crippen LogP contribution is -2.36. The highest BCUT2D eigenvalue weighted by Crippen LogP contribution is 2.37. The first-order chi connectivity index (χ1) is 7.42. The maximum Gasteiger partial charge on any atom is 0.158 e. The summed E-state index contributed by atoms with van der Waals surface area (Å²) in [6.45, 7) is 4.27. The molecular weight excluding hydrogens is 190 g/mol. The molecule has 3 heteroatoms. The van der Waals surface area contributed by atoms with Crippen molar-refractivity contribution in [3.8, 4) is 0 Å². The number of rotatable bonds is 3. The quantitative estimate of drug-likeness (QED) is 0.708. The summed E-state index contributed by atoms with van der Waals surface area (Å²) >= 11 is 0. The maximum atomic E-state index is 5.57. The van der Waals surface area contributed by atoms with Gasteiger partial charge in [-0.15, -0.1) is 0 Å². The van der Waals surface area contributed by atoms with E-state index in [1.165, 1.54) is 32.4 Å². The van der Waals surface area contributed by atoms with Crippen molar-refractivity contribution in [2.45, 2.75) is 44.4 Å². The third-order valence-electron chi connectivity index (χ3n) is 4.07. The molecule has 0 radical (unpaired) electrons. The van der Waals surface area contributed by atoms with Crippen LogP contribution in [0.3, 0.4) is 0 Å². The lowest BCUT2D eigenvalue weighted by Gasteiger charge is -2.29. The van der Waals surface area contributed by atoms with E-state index < -0.39 is 0 Å². The first-order valence-corrected chi connectivity index (χ1v) is 6.39. The van der Waals surface area contributed by atoms with Crippen LogP contribution in [0.15, 0.2) is 0 Å². The van der Waals surface area contributed by atoms with Crippen molar-refractivity contribution in [1.82, 2.24) is 4.90 Å². The standard InChI is InChI=1S/C12H21NO2/c1-6-14-12(15-7-1)4-5-13-9-10-2-3-11(13)8-10/h10-12H,1-9H2. The Balaban J connectivity index is 1.42. The third-order valence-corrected chi connectivity index (χ3v) is 4.07. The molecule has 0 aromatic carbocycles. The van der Waals surface area contributed by atoms with Crippen LogP contribution in [-0.4, -0.2) is 43.5 Å². The molecular formula is C12H21NO2. The third kappa shape index (κ3) is 2.19. The molecule has 0 N–H and O–H groups in total. The molecule has 2 atom stereocenters. The monoisotopic (exact) mass is 211 g/mol. The van der Waals surface area contributed by atoms with E-state index in [0.29, 0.717) is 0 Å². The Bertz CT molecular complexity index is 216. The zero-order chi connectivity index (χ0) is 10.1. The minimum absolute atomic E-state index is 0.0814. The summed E-state index contributed by atoms with van der Waals surface area (Å²) in [7, 11) is 0. The molecule has 0 spiro atoms. The average Bonchev–Trinajstić information content (AvgIpc) is 2.89. The van der Waals surface area contributed by atoms with E-state index in [2.05, 4.69) is 4.90 Å². The predicted molar refractivity (Wildman–Crippen MR) is 57.6 cm³/mol. The number of hydrogen-bond acceptors (Lipinski definition) is 3. The van der Waals surface area contributed by atoms with Gasteiger partial charge in [-0.05, 0) is 31.6 Å². The molecule has 3 nitrogen and oxygen atoms in total. The van der Waals surface area contributed by atoms with E-state index in [4.69, 9.17) is 9.47 Å². The molecule has 1 saturated carbocycles. The van der Waals surface area contributed by atoms with Gasteiger partial charge >= 0.3 is 0 Å². The second kappa shape index (κ2) is 4.40. The van der Waals surface area contributed by atoms with E-state index in [1.54, 1.807) is 0 Å². The van der Waals surface area contributed by atoms with Gasteiger partial charge in [0.15, 0.2) is 6.29 Å². The summed E-state index contributed by atoms with van der Waals surface area (Å²) in [5.74, 6) is 1.00. The topological polar surface area (TPSA) is 21.7 Å². The molecule has 0 aromatic rings. The largest absolute Gasteiger partial charge is 0.353 e. The molecule has 0 aromatic heterocycles. The zero-order valence-corrected chi connectivity index (χ0v) is 9.36. The van der Waals surface area contributed by atoms with Gasteiger partial charge in [-0.2, -0.15) is 0 Å². The van der Waals surface area contributed by atoms with Crippen molar-refractivity contribution < 1.29 is 9.47 Å². The number of fused-ring (bicyclic) bond motifs is 2. The molecule has 86 valence electrons. The van der Waals surface area contributed by atoms with Gasteiger partial charge < -0.3 is 9.47 Å². The Labute approximate surface area is 91.7 Å². The Morgan fingerprint density at radius 3 is 2.67 bits per heavy atom. The molecule has 3 rings (SSSR count). The number of likely N-dealkylation sites (tertiary alicyclic amines) is 1. The van der Waals surface area contributed by atoms with E-state index in [1.807, 2.05) is 0 Å². The summed E-state index contributed by atoms with van der Waals surface area (Å²) < 4.78 is 11.1. The van der Waals surface area contributed by atoms with Crippen LogP contribution < -0.4 is 0 Å². The van der Waals surface area contributed by atoms with Gasteiger partial charge in [0.1, 0.15) is 0 Å². The Morgan fingerprint density at radius 2 is 2.00 bits per heavy atom. The van der Waals surface area contributed by atoms with Crippen molar-refractivity contribution in [3.63, 3.8) is 0 Å². The molecule has 2 unspecified atom stereocenters. The predicted octanol–water partition coefficient (Wildman–Crippen LogP) is 1.62. The molecule has 3 aliphatic rings. The fourth-order valence-corrected chi connectivity index (χ4v) is 3.28. The van der Waals surface area contributed by atoms with Gasteiger partial charge in [-0.1, -0.05) is 0 Å². The van der Waals surface area contributed by atoms with Crippen LogP contribution in [0.1, 0.15) is 32.1 Å². The Morgan fingerprint density at radius 1 is 1.13 bits per heavy atom. The highest BCUT2D eigenvalue weighted by Gasteiger charge is 2.37. The maximum absolute atomic E-state index is 5.57. The number of nitrogens with zero attached hydrogens (tertiary/aromatic N) is 1. The minimum Gasteiger partial charge on any atom is -0.353 e. The number of ether oxygens (including phenoxy) is 2. The lowest BCUT2D eigenvalue weighted by atomic mass is 10.1. The summed E-state index contributed by atoms with van der Waals surface area (Å²) in [6, 6.07) is 0.888. The molecule has 0 amide bonds. The van der Waals surface area contributed by atoms with Gasteiger partial charge in [0.2, 0.25) is 0 Å². The van der Waals surface area contributed by atoms with Crippen molar-refractivity contribution in [1.29, 1.82) is 0 Å². The Hall–Kier alpha value is -0.120. The van der Waals surface area contributed by atoms with Crippen LogP contribution in [0, 0.1) is 5.92 Å². The molecule has 3 fully saturated rings. The summed E-state index contributed by atoms with van der Waals surface area (Å²) in [5, 5.41) is 0. The fraction of sp³-hybridized carbons (Fsp3) is 1.00. The lowest BCUT2D eigenvalue weighted by molar-refractivity contribution is -0.183. The summed E-state index contributed by atoms with van der Waals surface area (Å²) in [5.41, 5.74) is 0. The SMILES string of the molecule is C1COC(CCN2CC3CCC2C3)OC1. The first kappa shape index (κ1) is 10.1. The first-order valence-electron chi connectivity index (χ1n) is 6.39. The van der Waals surface area contributed by atoms with Crippen molar-refractivity contribution in [2.75, 3.05) is 26.3 Å².